The fourth-order valence-corrected chi connectivity index (χ4v) is 2.33. The molecular weight excluding hydrogens is 370 g/mol. The van der Waals surface area contributed by atoms with Gasteiger partial charge in [0.1, 0.15) is 11.5 Å². The molecule has 0 saturated carbocycles. The second-order valence-electron chi connectivity index (χ2n) is 4.29. The Kier molecular flexibility index (Phi) is 3.85. The molecule has 23 heavy (non-hydrogen) atoms. The number of anilines is 1. The molecule has 0 fully saturated rings. The summed E-state index contributed by atoms with van der Waals surface area (Å²) in [6, 6.07) is 7.82. The van der Waals surface area contributed by atoms with Crippen molar-refractivity contribution in [2.45, 2.75) is 0 Å². The fourth-order valence-electron chi connectivity index (χ4n) is 1.77. The van der Waals surface area contributed by atoms with Crippen LogP contribution in [0, 0.1) is 10.1 Å². The van der Waals surface area contributed by atoms with Gasteiger partial charge in [-0.25, -0.2) is 0 Å². The van der Waals surface area contributed by atoms with E-state index >= 15 is 0 Å². The van der Waals surface area contributed by atoms with E-state index in [-0.39, 0.29) is 11.6 Å². The van der Waals surface area contributed by atoms with Crippen LogP contribution in [-0.4, -0.2) is 31.5 Å². The van der Waals surface area contributed by atoms with Gasteiger partial charge < -0.3 is 10.2 Å². The lowest BCUT2D eigenvalue weighted by Crippen LogP contribution is -1.99. The number of nitro groups is 1. The lowest BCUT2D eigenvalue weighted by molar-refractivity contribution is -0.384. The van der Waals surface area contributed by atoms with Crippen molar-refractivity contribution in [3.63, 3.8) is 0 Å². The Bertz CT molecular complexity index is 902. The topological polar surface area (TPSA) is 138 Å². The van der Waals surface area contributed by atoms with Crippen LogP contribution in [0.3, 0.4) is 0 Å². The second kappa shape index (κ2) is 5.96. The minimum Gasteiger partial charge on any atom is -0.455 e. The van der Waals surface area contributed by atoms with Crippen LogP contribution in [0.15, 0.2) is 44.3 Å². The van der Waals surface area contributed by atoms with Crippen molar-refractivity contribution in [1.29, 1.82) is 0 Å². The van der Waals surface area contributed by atoms with Crippen LogP contribution in [0.2, 0.25) is 0 Å². The normalized spacial score (nSPS) is 11.2. The molecule has 0 radical (unpaired) electrons. The summed E-state index contributed by atoms with van der Waals surface area (Å²) in [6.45, 7) is 0. The molecule has 10 nitrogen and oxygen atoms in total. The van der Waals surface area contributed by atoms with Crippen LogP contribution in [0.1, 0.15) is 5.76 Å². The summed E-state index contributed by atoms with van der Waals surface area (Å²) in [5.41, 5.74) is 6.15. The number of nitrogen functional groups attached to an aromatic ring is 1. The summed E-state index contributed by atoms with van der Waals surface area (Å²) in [5.74, 6) is 1.02. The summed E-state index contributed by atoms with van der Waals surface area (Å²) in [6.07, 6.45) is 1.40. The average Bonchev–Trinajstić information content (AvgIpc) is 3.14. The first-order valence-electron chi connectivity index (χ1n) is 6.17. The van der Waals surface area contributed by atoms with Gasteiger partial charge in [-0.05, 0) is 44.6 Å². The maximum absolute atomic E-state index is 10.7. The van der Waals surface area contributed by atoms with Gasteiger partial charge in [-0.2, -0.15) is 5.10 Å². The van der Waals surface area contributed by atoms with E-state index in [1.54, 1.807) is 18.2 Å². The highest BCUT2D eigenvalue weighted by atomic mass is 79.9. The van der Waals surface area contributed by atoms with E-state index in [0.29, 0.717) is 21.6 Å². The average molecular weight is 378 g/mol. The zero-order valence-corrected chi connectivity index (χ0v) is 12.9. The molecule has 2 N–H and O–H groups in total. The third-order valence-electron chi connectivity index (χ3n) is 2.83. The van der Waals surface area contributed by atoms with Gasteiger partial charge in [0, 0.05) is 22.2 Å². The predicted molar refractivity (Wildman–Crippen MR) is 83.7 cm³/mol. The summed E-state index contributed by atoms with van der Waals surface area (Å²) in [4.78, 5) is 11.3. The van der Waals surface area contributed by atoms with Gasteiger partial charge in [0.15, 0.2) is 0 Å². The molecule has 0 atom stereocenters. The number of rotatable bonds is 4. The highest BCUT2D eigenvalue weighted by Crippen LogP contribution is 2.32. The monoisotopic (exact) mass is 377 g/mol. The van der Waals surface area contributed by atoms with E-state index in [1.807, 2.05) is 0 Å². The van der Waals surface area contributed by atoms with Crippen LogP contribution in [0.25, 0.3) is 11.3 Å². The molecule has 0 aliphatic rings. The molecule has 11 heteroatoms. The number of tetrazole rings is 1. The number of benzene rings is 1. The Labute approximate surface area is 136 Å². The number of hydrogen-bond donors (Lipinski definition) is 1. The largest absolute Gasteiger partial charge is 0.455 e. The molecule has 2 aromatic heterocycles. The van der Waals surface area contributed by atoms with Crippen molar-refractivity contribution >= 4 is 33.8 Å². The summed E-state index contributed by atoms with van der Waals surface area (Å²) < 4.78 is 6.17. The summed E-state index contributed by atoms with van der Waals surface area (Å²) in [5, 5.41) is 25.1. The lowest BCUT2D eigenvalue weighted by atomic mass is 10.1. The van der Waals surface area contributed by atoms with E-state index in [2.05, 4.69) is 36.6 Å². The minimum atomic E-state index is -0.467. The van der Waals surface area contributed by atoms with E-state index in [1.165, 1.54) is 18.3 Å². The quantitative estimate of drug-likeness (QED) is 0.417. The number of furan rings is 1. The molecule has 116 valence electrons. The highest BCUT2D eigenvalue weighted by molar-refractivity contribution is 9.10. The van der Waals surface area contributed by atoms with Gasteiger partial charge in [-0.1, -0.05) is 9.89 Å². The molecule has 1 aromatic carbocycles. The predicted octanol–water partition coefficient (Wildman–Crippen LogP) is 2.07. The zero-order chi connectivity index (χ0) is 16.4. The summed E-state index contributed by atoms with van der Waals surface area (Å²) in [7, 11) is 0. The Morgan fingerprint density at radius 2 is 2.22 bits per heavy atom. The maximum Gasteiger partial charge on any atom is 0.270 e. The summed E-state index contributed by atoms with van der Waals surface area (Å²) >= 11 is 3.30. The zero-order valence-electron chi connectivity index (χ0n) is 11.3. The first-order chi connectivity index (χ1) is 11.0. The Morgan fingerprint density at radius 3 is 2.87 bits per heavy atom. The smallest absolute Gasteiger partial charge is 0.270 e. The van der Waals surface area contributed by atoms with E-state index < -0.39 is 4.92 Å². The third kappa shape index (κ3) is 3.08. The van der Waals surface area contributed by atoms with Crippen molar-refractivity contribution in [1.82, 2.24) is 20.3 Å². The molecule has 3 rings (SSSR count). The van der Waals surface area contributed by atoms with Crippen LogP contribution < -0.4 is 5.73 Å². The van der Waals surface area contributed by atoms with Crippen molar-refractivity contribution < 1.29 is 9.34 Å². The number of hydrogen-bond acceptors (Lipinski definition) is 8. The number of non-ortho nitro benzene ring substituents is 1. The first-order valence-corrected chi connectivity index (χ1v) is 6.96. The van der Waals surface area contributed by atoms with Crippen LogP contribution >= 0.6 is 15.9 Å². The number of aromatic nitrogens is 4. The molecular formula is C12H8BrN7O3. The van der Waals surface area contributed by atoms with Gasteiger partial charge in [0.2, 0.25) is 0 Å². The van der Waals surface area contributed by atoms with E-state index in [9.17, 15) is 10.1 Å². The molecule has 0 unspecified atom stereocenters. The van der Waals surface area contributed by atoms with Crippen molar-refractivity contribution in [3.8, 4) is 11.3 Å². The fraction of sp³-hybridized carbons (Fsp3) is 0. The molecule has 0 aliphatic heterocycles. The number of nitrogens with two attached hydrogens (primary N) is 1. The van der Waals surface area contributed by atoms with Crippen LogP contribution in [0.5, 0.6) is 0 Å². The third-order valence-corrected chi connectivity index (χ3v) is 3.48. The van der Waals surface area contributed by atoms with E-state index in [0.717, 1.165) is 4.79 Å². The van der Waals surface area contributed by atoms with Crippen LogP contribution in [-0.2, 0) is 0 Å². The van der Waals surface area contributed by atoms with Gasteiger partial charge in [-0.3, -0.25) is 10.1 Å². The molecule has 3 aromatic rings. The van der Waals surface area contributed by atoms with Crippen molar-refractivity contribution in [2.24, 2.45) is 5.10 Å². The molecule has 0 saturated heterocycles. The maximum atomic E-state index is 10.7. The minimum absolute atomic E-state index is 0.0110. The van der Waals surface area contributed by atoms with E-state index in [4.69, 9.17) is 10.2 Å². The number of nitro benzene ring substituents is 1. The molecule has 0 amide bonds. The van der Waals surface area contributed by atoms with Gasteiger partial charge in [-0.15, -0.1) is 0 Å². The first kappa shape index (κ1) is 14.8. The van der Waals surface area contributed by atoms with Gasteiger partial charge >= 0.3 is 0 Å². The SMILES string of the molecule is Nc1nnnn1/N=C\c1ccc(-c2ccc([N+](=O)[O-])cc2Br)o1. The molecule has 2 heterocycles. The Hall–Kier alpha value is -3.08. The molecule has 0 aliphatic carbocycles. The van der Waals surface area contributed by atoms with Gasteiger partial charge in [0.25, 0.3) is 11.6 Å². The lowest BCUT2D eigenvalue weighted by Gasteiger charge is -2.00. The van der Waals surface area contributed by atoms with Gasteiger partial charge in [0.05, 0.1) is 11.1 Å². The molecule has 0 bridgehead atoms. The standard InChI is InChI=1S/C12H8BrN7O3/c13-10-5-7(20(21)22)1-3-9(10)11-4-2-8(23-11)6-15-19-12(14)16-17-18-19/h1-6H,(H2,14,16,18)/b15-6-. The Balaban J connectivity index is 1.86. The molecule has 0 spiro atoms. The second-order valence-corrected chi connectivity index (χ2v) is 5.15. The number of halogens is 1. The Morgan fingerprint density at radius 1 is 1.39 bits per heavy atom. The number of nitrogens with zero attached hydrogens (tertiary/aromatic N) is 6. The van der Waals surface area contributed by atoms with Crippen molar-refractivity contribution in [2.75, 3.05) is 5.73 Å². The van der Waals surface area contributed by atoms with Crippen molar-refractivity contribution in [3.05, 3.63) is 50.7 Å². The van der Waals surface area contributed by atoms with Crippen LogP contribution in [0.4, 0.5) is 11.6 Å². The highest BCUT2D eigenvalue weighted by Gasteiger charge is 2.13.